The largest absolute Gasteiger partial charge is 0.493 e. The minimum Gasteiger partial charge on any atom is -0.493 e. The van der Waals surface area contributed by atoms with E-state index in [1.807, 2.05) is 49.5 Å². The van der Waals surface area contributed by atoms with Crippen molar-refractivity contribution in [3.05, 3.63) is 76.6 Å². The highest BCUT2D eigenvalue weighted by Gasteiger charge is 2.33. The van der Waals surface area contributed by atoms with Gasteiger partial charge in [0.1, 0.15) is 5.60 Å². The second-order valence-electron chi connectivity index (χ2n) is 8.05. The molecule has 0 bridgehead atoms. The van der Waals surface area contributed by atoms with Crippen molar-refractivity contribution in [1.29, 1.82) is 0 Å². The molecule has 0 radical (unpaired) electrons. The fourth-order valence-electron chi connectivity index (χ4n) is 4.00. The van der Waals surface area contributed by atoms with Crippen LogP contribution < -0.4 is 9.47 Å². The number of methoxy groups -OCH3 is 2. The molecule has 0 fully saturated rings. The molecule has 1 unspecified atom stereocenters. The molecule has 0 saturated heterocycles. The fraction of sp³-hybridized carbons (Fsp3) is 0.400. The first-order chi connectivity index (χ1) is 15.4. The summed E-state index contributed by atoms with van der Waals surface area (Å²) in [5, 5.41) is 16.6. The summed E-state index contributed by atoms with van der Waals surface area (Å²) in [4.78, 5) is 2.28. The van der Waals surface area contributed by atoms with Gasteiger partial charge in [0.15, 0.2) is 11.5 Å². The Bertz CT molecular complexity index is 1010. The molecule has 32 heavy (non-hydrogen) atoms. The highest BCUT2D eigenvalue weighted by molar-refractivity contribution is 6.30. The molecule has 2 aromatic carbocycles. The predicted molar refractivity (Wildman–Crippen MR) is 128 cm³/mol. The van der Waals surface area contributed by atoms with Gasteiger partial charge < -0.3 is 19.5 Å². The van der Waals surface area contributed by atoms with Gasteiger partial charge in [0.2, 0.25) is 0 Å². The average Bonchev–Trinajstić information content (AvgIpc) is 3.24. The molecule has 1 heterocycles. The summed E-state index contributed by atoms with van der Waals surface area (Å²) in [6, 6.07) is 15.3. The summed E-state index contributed by atoms with van der Waals surface area (Å²) >= 11 is 6.06. The van der Waals surface area contributed by atoms with Crippen molar-refractivity contribution in [2.24, 2.45) is 7.05 Å². The van der Waals surface area contributed by atoms with Gasteiger partial charge in [0, 0.05) is 24.8 Å². The molecule has 7 heteroatoms. The molecular formula is C25H32ClN3O3. The van der Waals surface area contributed by atoms with Gasteiger partial charge in [-0.05, 0) is 74.3 Å². The molecule has 0 spiro atoms. The second-order valence-corrected chi connectivity index (χ2v) is 8.49. The van der Waals surface area contributed by atoms with Gasteiger partial charge in [-0.3, -0.25) is 4.68 Å². The number of ether oxygens (including phenoxy) is 2. The maximum absolute atomic E-state index is 11.7. The van der Waals surface area contributed by atoms with E-state index in [4.69, 9.17) is 21.1 Å². The number of aliphatic hydroxyl groups is 1. The highest BCUT2D eigenvalue weighted by Crippen LogP contribution is 2.34. The lowest BCUT2D eigenvalue weighted by molar-refractivity contribution is 0.0574. The normalized spacial score (nSPS) is 13.2. The number of likely N-dealkylation sites (N-methyl/N-ethyl adjacent to an activating group) is 1. The van der Waals surface area contributed by atoms with Crippen LogP contribution in [0.4, 0.5) is 0 Å². The standard InChI is InChI=1S/C25H32ClN3O3/c1-28(17-13-19-6-11-22(31-3)23(18-19)32-4)16-5-14-25(30,24-12-15-27-29(24)2)20-7-9-21(26)10-8-20/h6-12,15,18,30H,5,13-14,16-17H2,1-4H3. The minimum absolute atomic E-state index is 0.578. The quantitative estimate of drug-likeness (QED) is 0.465. The van der Waals surface area contributed by atoms with Gasteiger partial charge in [0.05, 0.1) is 19.9 Å². The van der Waals surface area contributed by atoms with Gasteiger partial charge in [-0.25, -0.2) is 0 Å². The van der Waals surface area contributed by atoms with Crippen LogP contribution >= 0.6 is 11.6 Å². The molecule has 0 aliphatic rings. The number of aryl methyl sites for hydroxylation is 1. The summed E-state index contributed by atoms with van der Waals surface area (Å²) in [5.41, 5.74) is 1.66. The summed E-state index contributed by atoms with van der Waals surface area (Å²) in [7, 11) is 7.25. The van der Waals surface area contributed by atoms with Gasteiger partial charge in [-0.1, -0.05) is 29.8 Å². The Morgan fingerprint density at radius 1 is 1.03 bits per heavy atom. The number of nitrogens with zero attached hydrogens (tertiary/aromatic N) is 3. The number of hydrogen-bond acceptors (Lipinski definition) is 5. The van der Waals surface area contributed by atoms with Crippen LogP contribution in [0, 0.1) is 0 Å². The van der Waals surface area contributed by atoms with Crippen molar-refractivity contribution < 1.29 is 14.6 Å². The number of rotatable bonds is 11. The van der Waals surface area contributed by atoms with E-state index in [0.717, 1.165) is 48.7 Å². The van der Waals surface area contributed by atoms with Crippen molar-refractivity contribution in [2.45, 2.75) is 24.9 Å². The SMILES string of the molecule is COc1ccc(CCN(C)CCCC(O)(c2ccc(Cl)cc2)c2ccnn2C)cc1OC. The van der Waals surface area contributed by atoms with E-state index < -0.39 is 5.60 Å². The molecular weight excluding hydrogens is 426 g/mol. The molecule has 1 atom stereocenters. The third-order valence-electron chi connectivity index (χ3n) is 5.88. The van der Waals surface area contributed by atoms with E-state index in [1.54, 1.807) is 25.1 Å². The zero-order valence-corrected chi connectivity index (χ0v) is 20.0. The Morgan fingerprint density at radius 3 is 2.38 bits per heavy atom. The van der Waals surface area contributed by atoms with Crippen molar-refractivity contribution in [2.75, 3.05) is 34.4 Å². The first kappa shape index (κ1) is 24.1. The lowest BCUT2D eigenvalue weighted by Gasteiger charge is -2.30. The molecule has 1 N–H and O–H groups in total. The molecule has 1 aromatic heterocycles. The molecule has 6 nitrogen and oxygen atoms in total. The Hall–Kier alpha value is -2.54. The van der Waals surface area contributed by atoms with Crippen molar-refractivity contribution >= 4 is 11.6 Å². The number of benzene rings is 2. The first-order valence-electron chi connectivity index (χ1n) is 10.7. The number of halogens is 1. The number of aromatic nitrogens is 2. The van der Waals surface area contributed by atoms with Gasteiger partial charge in [0.25, 0.3) is 0 Å². The van der Waals surface area contributed by atoms with Crippen LogP contribution in [-0.2, 0) is 19.1 Å². The Kier molecular flexibility index (Phi) is 8.18. The first-order valence-corrected chi connectivity index (χ1v) is 11.1. The van der Waals surface area contributed by atoms with E-state index in [-0.39, 0.29) is 0 Å². The Labute approximate surface area is 195 Å². The maximum atomic E-state index is 11.7. The van der Waals surface area contributed by atoms with Crippen LogP contribution in [0.1, 0.15) is 29.7 Å². The Balaban J connectivity index is 1.61. The predicted octanol–water partition coefficient (Wildman–Crippen LogP) is 4.28. The molecule has 3 rings (SSSR count). The molecule has 3 aromatic rings. The average molecular weight is 458 g/mol. The molecule has 172 valence electrons. The minimum atomic E-state index is -1.12. The van der Waals surface area contributed by atoms with E-state index in [9.17, 15) is 5.11 Å². The van der Waals surface area contributed by atoms with E-state index in [1.165, 1.54) is 5.56 Å². The van der Waals surface area contributed by atoms with E-state index in [2.05, 4.69) is 23.1 Å². The lowest BCUT2D eigenvalue weighted by atomic mass is 9.86. The maximum Gasteiger partial charge on any atom is 0.160 e. The zero-order chi connectivity index (χ0) is 23.1. The van der Waals surface area contributed by atoms with Crippen LogP contribution in [0.15, 0.2) is 54.7 Å². The van der Waals surface area contributed by atoms with Gasteiger partial charge >= 0.3 is 0 Å². The van der Waals surface area contributed by atoms with Crippen molar-refractivity contribution in [1.82, 2.24) is 14.7 Å². The van der Waals surface area contributed by atoms with E-state index in [0.29, 0.717) is 11.4 Å². The third kappa shape index (κ3) is 5.63. The number of hydrogen-bond donors (Lipinski definition) is 1. The van der Waals surface area contributed by atoms with Crippen molar-refractivity contribution in [3.63, 3.8) is 0 Å². The summed E-state index contributed by atoms with van der Waals surface area (Å²) < 4.78 is 12.4. The zero-order valence-electron chi connectivity index (χ0n) is 19.2. The fourth-order valence-corrected chi connectivity index (χ4v) is 4.12. The lowest BCUT2D eigenvalue weighted by Crippen LogP contribution is -2.32. The smallest absolute Gasteiger partial charge is 0.160 e. The topological polar surface area (TPSA) is 59.8 Å². The molecule has 0 aliphatic heterocycles. The van der Waals surface area contributed by atoms with Crippen LogP contribution in [0.2, 0.25) is 5.02 Å². The molecule has 0 saturated carbocycles. The summed E-state index contributed by atoms with van der Waals surface area (Å²) in [5.74, 6) is 1.48. The highest BCUT2D eigenvalue weighted by atomic mass is 35.5. The monoisotopic (exact) mass is 457 g/mol. The van der Waals surface area contributed by atoms with Crippen LogP contribution in [0.5, 0.6) is 11.5 Å². The van der Waals surface area contributed by atoms with Crippen molar-refractivity contribution in [3.8, 4) is 11.5 Å². The van der Waals surface area contributed by atoms with Gasteiger partial charge in [-0.2, -0.15) is 5.10 Å². The molecule has 0 aliphatic carbocycles. The van der Waals surface area contributed by atoms with Crippen LogP contribution in [0.3, 0.4) is 0 Å². The van der Waals surface area contributed by atoms with Gasteiger partial charge in [-0.15, -0.1) is 0 Å². The Morgan fingerprint density at radius 2 is 1.75 bits per heavy atom. The van der Waals surface area contributed by atoms with Crippen LogP contribution in [-0.4, -0.2) is 54.1 Å². The summed E-state index contributed by atoms with van der Waals surface area (Å²) in [6.07, 6.45) is 4.02. The molecule has 0 amide bonds. The van der Waals surface area contributed by atoms with E-state index >= 15 is 0 Å². The van der Waals surface area contributed by atoms with Crippen LogP contribution in [0.25, 0.3) is 0 Å². The third-order valence-corrected chi connectivity index (χ3v) is 6.13. The summed E-state index contributed by atoms with van der Waals surface area (Å²) in [6.45, 7) is 1.77. The second kappa shape index (κ2) is 10.9.